The standard InChI is InChI=1S/C15H14N4OS/c1-19-13-8-11(4-5-12(13)18-15(19)21)17-14(20)7-10-3-2-6-16-9-10/h2-6,8-9H,7H2,1H3,(H,17,20)(H,18,21). The topological polar surface area (TPSA) is 62.7 Å². The zero-order valence-electron chi connectivity index (χ0n) is 11.5. The van der Waals surface area contributed by atoms with Crippen molar-refractivity contribution < 1.29 is 4.79 Å². The predicted octanol–water partition coefficient (Wildman–Crippen LogP) is 2.81. The Bertz CT molecular complexity index is 851. The summed E-state index contributed by atoms with van der Waals surface area (Å²) in [7, 11) is 1.89. The van der Waals surface area contributed by atoms with E-state index in [9.17, 15) is 4.79 Å². The lowest BCUT2D eigenvalue weighted by molar-refractivity contribution is -0.115. The summed E-state index contributed by atoms with van der Waals surface area (Å²) >= 11 is 5.19. The van der Waals surface area contributed by atoms with Crippen molar-refractivity contribution in [3.05, 3.63) is 53.1 Å². The quantitative estimate of drug-likeness (QED) is 0.731. The number of aromatic nitrogens is 3. The second kappa shape index (κ2) is 5.49. The molecule has 3 rings (SSSR count). The molecular weight excluding hydrogens is 284 g/mol. The van der Waals surface area contributed by atoms with E-state index in [0.29, 0.717) is 11.2 Å². The van der Waals surface area contributed by atoms with Crippen molar-refractivity contribution in [1.29, 1.82) is 0 Å². The zero-order chi connectivity index (χ0) is 14.8. The molecule has 106 valence electrons. The van der Waals surface area contributed by atoms with E-state index in [2.05, 4.69) is 15.3 Å². The van der Waals surface area contributed by atoms with Crippen LogP contribution in [0.4, 0.5) is 5.69 Å². The van der Waals surface area contributed by atoms with Crippen LogP contribution in [0.25, 0.3) is 11.0 Å². The maximum atomic E-state index is 12.0. The minimum absolute atomic E-state index is 0.0702. The average molecular weight is 298 g/mol. The van der Waals surface area contributed by atoms with Crippen molar-refractivity contribution in [2.75, 3.05) is 5.32 Å². The molecule has 0 aliphatic carbocycles. The molecule has 0 spiro atoms. The van der Waals surface area contributed by atoms with Crippen molar-refractivity contribution in [3.8, 4) is 0 Å². The highest BCUT2D eigenvalue weighted by Crippen LogP contribution is 2.18. The van der Waals surface area contributed by atoms with E-state index >= 15 is 0 Å². The molecule has 1 aromatic carbocycles. The van der Waals surface area contributed by atoms with Gasteiger partial charge in [0.1, 0.15) is 0 Å². The van der Waals surface area contributed by atoms with Crippen LogP contribution in [0.2, 0.25) is 0 Å². The van der Waals surface area contributed by atoms with E-state index in [1.807, 2.05) is 41.9 Å². The van der Waals surface area contributed by atoms with Gasteiger partial charge in [-0.1, -0.05) is 6.07 Å². The summed E-state index contributed by atoms with van der Waals surface area (Å²) < 4.78 is 2.53. The minimum Gasteiger partial charge on any atom is -0.331 e. The minimum atomic E-state index is -0.0702. The van der Waals surface area contributed by atoms with Crippen LogP contribution in [-0.4, -0.2) is 20.4 Å². The molecular formula is C15H14N4OS. The van der Waals surface area contributed by atoms with E-state index in [1.54, 1.807) is 12.4 Å². The molecule has 0 saturated carbocycles. The number of amides is 1. The third kappa shape index (κ3) is 2.85. The maximum Gasteiger partial charge on any atom is 0.228 e. The van der Waals surface area contributed by atoms with E-state index in [-0.39, 0.29) is 5.91 Å². The largest absolute Gasteiger partial charge is 0.331 e. The van der Waals surface area contributed by atoms with E-state index < -0.39 is 0 Å². The fourth-order valence-corrected chi connectivity index (χ4v) is 2.40. The molecule has 2 N–H and O–H groups in total. The molecule has 3 aromatic rings. The maximum absolute atomic E-state index is 12.0. The van der Waals surface area contributed by atoms with Gasteiger partial charge in [-0.25, -0.2) is 0 Å². The number of rotatable bonds is 3. The van der Waals surface area contributed by atoms with Gasteiger partial charge < -0.3 is 14.9 Å². The number of carbonyl (C=O) groups is 1. The van der Waals surface area contributed by atoms with E-state index in [1.165, 1.54) is 0 Å². The monoisotopic (exact) mass is 298 g/mol. The SMILES string of the molecule is Cn1c(=S)[nH]c2ccc(NC(=O)Cc3cccnc3)cc21. The number of nitrogens with zero attached hydrogens (tertiary/aromatic N) is 2. The highest BCUT2D eigenvalue weighted by molar-refractivity contribution is 7.71. The molecule has 6 heteroatoms. The van der Waals surface area contributed by atoms with Crippen LogP contribution in [-0.2, 0) is 18.3 Å². The van der Waals surface area contributed by atoms with Gasteiger partial charge in [0, 0.05) is 25.1 Å². The number of anilines is 1. The summed E-state index contributed by atoms with van der Waals surface area (Å²) in [5.41, 5.74) is 3.55. The lowest BCUT2D eigenvalue weighted by Crippen LogP contribution is -2.14. The smallest absolute Gasteiger partial charge is 0.228 e. The van der Waals surface area contributed by atoms with Gasteiger partial charge in [0.15, 0.2) is 4.77 Å². The first kappa shape index (κ1) is 13.5. The Hall–Kier alpha value is -2.47. The number of nitrogens with one attached hydrogen (secondary N) is 2. The number of fused-ring (bicyclic) bond motifs is 1. The molecule has 1 amide bonds. The zero-order valence-corrected chi connectivity index (χ0v) is 12.3. The Balaban J connectivity index is 1.80. The normalized spacial score (nSPS) is 10.7. The lowest BCUT2D eigenvalue weighted by Gasteiger charge is -2.06. The third-order valence-electron chi connectivity index (χ3n) is 3.28. The number of H-pyrrole nitrogens is 1. The number of hydrogen-bond donors (Lipinski definition) is 2. The van der Waals surface area contributed by atoms with Crippen LogP contribution in [0.15, 0.2) is 42.7 Å². The van der Waals surface area contributed by atoms with Crippen molar-refractivity contribution >= 4 is 34.8 Å². The first-order valence-electron chi connectivity index (χ1n) is 6.51. The Labute approximate surface area is 126 Å². The molecule has 21 heavy (non-hydrogen) atoms. The van der Waals surface area contributed by atoms with E-state index in [4.69, 9.17) is 12.2 Å². The molecule has 0 atom stereocenters. The van der Waals surface area contributed by atoms with Crippen LogP contribution >= 0.6 is 12.2 Å². The van der Waals surface area contributed by atoms with Crippen LogP contribution in [0, 0.1) is 4.77 Å². The molecule has 0 bridgehead atoms. The molecule has 0 fully saturated rings. The number of imidazole rings is 1. The molecule has 5 nitrogen and oxygen atoms in total. The van der Waals surface area contributed by atoms with Crippen molar-refractivity contribution in [2.24, 2.45) is 7.05 Å². The summed E-state index contributed by atoms with van der Waals surface area (Å²) in [4.78, 5) is 19.1. The molecule has 0 aliphatic rings. The second-order valence-electron chi connectivity index (χ2n) is 4.81. The summed E-state index contributed by atoms with van der Waals surface area (Å²) in [6.45, 7) is 0. The van der Waals surface area contributed by atoms with Gasteiger partial charge >= 0.3 is 0 Å². The van der Waals surface area contributed by atoms with Crippen LogP contribution in [0.3, 0.4) is 0 Å². The Kier molecular flexibility index (Phi) is 3.53. The average Bonchev–Trinajstić information content (AvgIpc) is 2.75. The van der Waals surface area contributed by atoms with Gasteiger partial charge in [-0.15, -0.1) is 0 Å². The molecule has 0 unspecified atom stereocenters. The highest BCUT2D eigenvalue weighted by Gasteiger charge is 2.06. The van der Waals surface area contributed by atoms with Gasteiger partial charge in [0.25, 0.3) is 0 Å². The van der Waals surface area contributed by atoms with Gasteiger partial charge in [-0.3, -0.25) is 9.78 Å². The first-order valence-corrected chi connectivity index (χ1v) is 6.92. The number of pyridine rings is 1. The van der Waals surface area contributed by atoms with Gasteiger partial charge in [-0.2, -0.15) is 0 Å². The molecule has 0 radical (unpaired) electrons. The number of aryl methyl sites for hydroxylation is 1. The van der Waals surface area contributed by atoms with Crippen molar-refractivity contribution in [3.63, 3.8) is 0 Å². The fourth-order valence-electron chi connectivity index (χ4n) is 2.19. The van der Waals surface area contributed by atoms with Crippen molar-refractivity contribution in [2.45, 2.75) is 6.42 Å². The van der Waals surface area contributed by atoms with Gasteiger partial charge in [0.2, 0.25) is 5.91 Å². The third-order valence-corrected chi connectivity index (χ3v) is 3.65. The fraction of sp³-hybridized carbons (Fsp3) is 0.133. The number of aromatic amines is 1. The Morgan fingerprint density at radius 3 is 3.05 bits per heavy atom. The highest BCUT2D eigenvalue weighted by atomic mass is 32.1. The number of carbonyl (C=O) groups excluding carboxylic acids is 1. The van der Waals surface area contributed by atoms with Gasteiger partial charge in [-0.05, 0) is 42.0 Å². The first-order chi connectivity index (χ1) is 10.1. The van der Waals surface area contributed by atoms with Gasteiger partial charge in [0.05, 0.1) is 17.5 Å². The Morgan fingerprint density at radius 2 is 2.29 bits per heavy atom. The molecule has 0 saturated heterocycles. The Morgan fingerprint density at radius 1 is 1.43 bits per heavy atom. The summed E-state index contributed by atoms with van der Waals surface area (Å²) in [6, 6.07) is 9.37. The molecule has 2 aromatic heterocycles. The van der Waals surface area contributed by atoms with E-state index in [0.717, 1.165) is 22.3 Å². The van der Waals surface area contributed by atoms with Crippen LogP contribution in [0.1, 0.15) is 5.56 Å². The second-order valence-corrected chi connectivity index (χ2v) is 5.19. The molecule has 0 aliphatic heterocycles. The predicted molar refractivity (Wildman–Crippen MR) is 84.7 cm³/mol. The number of benzene rings is 1. The van der Waals surface area contributed by atoms with Crippen LogP contribution < -0.4 is 5.32 Å². The summed E-state index contributed by atoms with van der Waals surface area (Å²) in [5.74, 6) is -0.0702. The van der Waals surface area contributed by atoms with Crippen LogP contribution in [0.5, 0.6) is 0 Å². The number of hydrogen-bond acceptors (Lipinski definition) is 3. The van der Waals surface area contributed by atoms with Crippen molar-refractivity contribution in [1.82, 2.24) is 14.5 Å². The summed E-state index contributed by atoms with van der Waals surface area (Å²) in [5, 5.41) is 2.89. The molecule has 2 heterocycles. The summed E-state index contributed by atoms with van der Waals surface area (Å²) in [6.07, 6.45) is 3.68. The lowest BCUT2D eigenvalue weighted by atomic mass is 10.2.